The minimum atomic E-state index is -0.292. The zero-order valence-corrected chi connectivity index (χ0v) is 20.9. The first-order valence-electron chi connectivity index (χ1n) is 11.3. The fourth-order valence-corrected chi connectivity index (χ4v) is 5.54. The van der Waals surface area contributed by atoms with Gasteiger partial charge in [-0.15, -0.1) is 23.1 Å². The van der Waals surface area contributed by atoms with Crippen molar-refractivity contribution >= 4 is 45.0 Å². The molecule has 1 aliphatic rings. The van der Waals surface area contributed by atoms with Crippen molar-refractivity contribution < 1.29 is 4.79 Å². The van der Waals surface area contributed by atoms with Crippen LogP contribution in [-0.2, 0) is 11.3 Å². The van der Waals surface area contributed by atoms with E-state index in [-0.39, 0.29) is 11.9 Å². The van der Waals surface area contributed by atoms with E-state index < -0.39 is 0 Å². The summed E-state index contributed by atoms with van der Waals surface area (Å²) in [6.45, 7) is 4.70. The highest BCUT2D eigenvalue weighted by molar-refractivity contribution is 7.98. The van der Waals surface area contributed by atoms with Gasteiger partial charge in [-0.25, -0.2) is 9.97 Å². The number of anilines is 1. The second-order valence-corrected chi connectivity index (χ2v) is 10.3. The molecule has 0 spiro atoms. The zero-order chi connectivity index (χ0) is 23.5. The van der Waals surface area contributed by atoms with Gasteiger partial charge >= 0.3 is 0 Å². The maximum Gasteiger partial charge on any atom is 0.239 e. The molecule has 1 fully saturated rings. The van der Waals surface area contributed by atoms with Crippen molar-refractivity contribution in [2.24, 2.45) is 0 Å². The summed E-state index contributed by atoms with van der Waals surface area (Å²) in [7, 11) is 0. The third-order valence-electron chi connectivity index (χ3n) is 6.06. The highest BCUT2D eigenvalue weighted by Crippen LogP contribution is 2.36. The minimum absolute atomic E-state index is 0.00889. The van der Waals surface area contributed by atoms with Crippen LogP contribution in [0.5, 0.6) is 0 Å². The smallest absolute Gasteiger partial charge is 0.239 e. The van der Waals surface area contributed by atoms with Gasteiger partial charge in [0.05, 0.1) is 5.39 Å². The van der Waals surface area contributed by atoms with E-state index in [1.54, 1.807) is 29.4 Å². The molecule has 2 N–H and O–H groups in total. The number of amides is 1. The maximum atomic E-state index is 12.9. The predicted molar refractivity (Wildman–Crippen MR) is 142 cm³/mol. The van der Waals surface area contributed by atoms with Gasteiger partial charge in [-0.2, -0.15) is 0 Å². The van der Waals surface area contributed by atoms with Crippen LogP contribution in [0.1, 0.15) is 11.1 Å². The summed E-state index contributed by atoms with van der Waals surface area (Å²) in [4.78, 5) is 27.6. The molecule has 4 aromatic rings. The number of thiophene rings is 1. The van der Waals surface area contributed by atoms with Gasteiger partial charge in [0, 0.05) is 36.0 Å². The third-order valence-corrected chi connectivity index (χ3v) is 7.90. The number of hydrogen-bond donors (Lipinski definition) is 2. The van der Waals surface area contributed by atoms with E-state index in [4.69, 9.17) is 0 Å². The van der Waals surface area contributed by atoms with E-state index in [1.807, 2.05) is 0 Å². The first-order chi connectivity index (χ1) is 16.6. The van der Waals surface area contributed by atoms with Gasteiger partial charge < -0.3 is 15.5 Å². The van der Waals surface area contributed by atoms with Gasteiger partial charge in [-0.3, -0.25) is 4.79 Å². The van der Waals surface area contributed by atoms with Crippen molar-refractivity contribution in [1.29, 1.82) is 0 Å². The van der Waals surface area contributed by atoms with Crippen LogP contribution in [0.3, 0.4) is 0 Å². The SMILES string of the molecule is CSc1ccc(CNC(=O)[C@@H]2CN(c3ncnc4sc(-c5ccc(C)cc5)cc34)CCN2)cc1. The van der Waals surface area contributed by atoms with Crippen LogP contribution >= 0.6 is 23.1 Å². The molecule has 6 nitrogen and oxygen atoms in total. The van der Waals surface area contributed by atoms with Gasteiger partial charge in [-0.1, -0.05) is 42.0 Å². The van der Waals surface area contributed by atoms with Gasteiger partial charge in [0.15, 0.2) is 0 Å². The number of aryl methyl sites for hydroxylation is 1. The largest absolute Gasteiger partial charge is 0.353 e. The van der Waals surface area contributed by atoms with Crippen molar-refractivity contribution in [3.8, 4) is 10.4 Å². The summed E-state index contributed by atoms with van der Waals surface area (Å²) >= 11 is 3.39. The summed E-state index contributed by atoms with van der Waals surface area (Å²) < 4.78 is 0. The lowest BCUT2D eigenvalue weighted by molar-refractivity contribution is -0.123. The van der Waals surface area contributed by atoms with Crippen LogP contribution < -0.4 is 15.5 Å². The van der Waals surface area contributed by atoms with Gasteiger partial charge in [0.2, 0.25) is 5.91 Å². The number of aromatic nitrogens is 2. The van der Waals surface area contributed by atoms with Gasteiger partial charge in [0.1, 0.15) is 23.0 Å². The number of piperazine rings is 1. The lowest BCUT2D eigenvalue weighted by atomic mass is 10.1. The number of benzene rings is 2. The van der Waals surface area contributed by atoms with Crippen LogP contribution in [0, 0.1) is 6.92 Å². The number of rotatable bonds is 6. The molecule has 1 aliphatic heterocycles. The molecule has 0 saturated carbocycles. The molecule has 1 atom stereocenters. The molecule has 2 aromatic carbocycles. The number of fused-ring (bicyclic) bond motifs is 1. The monoisotopic (exact) mass is 489 g/mol. The number of hydrogen-bond acceptors (Lipinski definition) is 7. The molecule has 8 heteroatoms. The molecule has 0 bridgehead atoms. The van der Waals surface area contributed by atoms with E-state index in [0.29, 0.717) is 13.1 Å². The highest BCUT2D eigenvalue weighted by atomic mass is 32.2. The quantitative estimate of drug-likeness (QED) is 0.389. The van der Waals surface area contributed by atoms with E-state index >= 15 is 0 Å². The normalized spacial score (nSPS) is 16.1. The topological polar surface area (TPSA) is 70.2 Å². The number of carbonyl (C=O) groups excluding carboxylic acids is 1. The minimum Gasteiger partial charge on any atom is -0.353 e. The Hall–Kier alpha value is -2.94. The average molecular weight is 490 g/mol. The number of nitrogens with one attached hydrogen (secondary N) is 2. The molecule has 1 amide bonds. The van der Waals surface area contributed by atoms with Crippen molar-refractivity contribution in [1.82, 2.24) is 20.6 Å². The Morgan fingerprint density at radius 2 is 1.97 bits per heavy atom. The molecule has 0 aliphatic carbocycles. The molecule has 34 heavy (non-hydrogen) atoms. The van der Waals surface area contributed by atoms with E-state index in [2.05, 4.69) is 93.3 Å². The fourth-order valence-electron chi connectivity index (χ4n) is 4.13. The molecule has 174 valence electrons. The maximum absolute atomic E-state index is 12.9. The summed E-state index contributed by atoms with van der Waals surface area (Å²) in [6.07, 6.45) is 3.69. The zero-order valence-electron chi connectivity index (χ0n) is 19.2. The molecule has 2 aromatic heterocycles. The molecule has 5 rings (SSSR count). The number of nitrogens with zero attached hydrogens (tertiary/aromatic N) is 3. The molecular weight excluding hydrogens is 462 g/mol. The Balaban J connectivity index is 1.30. The Morgan fingerprint density at radius 3 is 2.74 bits per heavy atom. The fraction of sp³-hybridized carbons (Fsp3) is 0.269. The third kappa shape index (κ3) is 4.94. The lowest BCUT2D eigenvalue weighted by Crippen LogP contribution is -2.57. The van der Waals surface area contributed by atoms with E-state index in [0.717, 1.165) is 34.7 Å². The van der Waals surface area contributed by atoms with Gasteiger partial charge in [0.25, 0.3) is 0 Å². The van der Waals surface area contributed by atoms with Gasteiger partial charge in [-0.05, 0) is 42.5 Å². The first-order valence-corrected chi connectivity index (χ1v) is 13.4. The van der Waals surface area contributed by atoms with Crippen molar-refractivity contribution in [3.63, 3.8) is 0 Å². The summed E-state index contributed by atoms with van der Waals surface area (Å²) in [5.41, 5.74) is 3.52. The molecule has 0 unspecified atom stereocenters. The van der Waals surface area contributed by atoms with Crippen molar-refractivity contribution in [2.75, 3.05) is 30.8 Å². The standard InChI is InChI=1S/C26H27N5OS2/c1-17-3-7-19(8-4-17)23-13-21-24(29-16-30-26(21)34-23)31-12-11-27-22(15-31)25(32)28-14-18-5-9-20(33-2)10-6-18/h3-10,13,16,22,27H,11-12,14-15H2,1-2H3,(H,28,32)/t22-/m0/s1. The second kappa shape index (κ2) is 10.1. The van der Waals surface area contributed by atoms with E-state index in [9.17, 15) is 4.79 Å². The molecule has 3 heterocycles. The molecule has 0 radical (unpaired) electrons. The van der Waals surface area contributed by atoms with Crippen LogP contribution in [0.4, 0.5) is 5.82 Å². The van der Waals surface area contributed by atoms with E-state index in [1.165, 1.54) is 20.9 Å². The Kier molecular flexibility index (Phi) is 6.80. The van der Waals surface area contributed by atoms with Crippen LogP contribution in [0.2, 0.25) is 0 Å². The van der Waals surface area contributed by atoms with Crippen LogP contribution in [0.15, 0.2) is 65.8 Å². The molecule has 1 saturated heterocycles. The van der Waals surface area contributed by atoms with Crippen molar-refractivity contribution in [2.45, 2.75) is 24.4 Å². The first kappa shape index (κ1) is 22.8. The highest BCUT2D eigenvalue weighted by Gasteiger charge is 2.27. The summed E-state index contributed by atoms with van der Waals surface area (Å²) in [5.74, 6) is 0.904. The van der Waals surface area contributed by atoms with Crippen molar-refractivity contribution in [3.05, 3.63) is 72.1 Å². The number of thioether (sulfide) groups is 1. The second-order valence-electron chi connectivity index (χ2n) is 8.41. The summed E-state index contributed by atoms with van der Waals surface area (Å²) in [6, 6.07) is 18.7. The lowest BCUT2D eigenvalue weighted by Gasteiger charge is -2.34. The predicted octanol–water partition coefficient (Wildman–Crippen LogP) is 4.48. The number of carbonyl (C=O) groups is 1. The summed E-state index contributed by atoms with van der Waals surface area (Å²) in [5, 5.41) is 7.48. The van der Waals surface area contributed by atoms with Crippen LogP contribution in [0.25, 0.3) is 20.7 Å². The Morgan fingerprint density at radius 1 is 1.18 bits per heavy atom. The average Bonchev–Trinajstić information content (AvgIpc) is 3.32. The van der Waals surface area contributed by atoms with Crippen LogP contribution in [-0.4, -0.2) is 47.8 Å². The molecular formula is C26H27N5OS2. The Bertz CT molecular complexity index is 1290. The Labute approximate surface area is 207 Å².